The third-order valence-corrected chi connectivity index (χ3v) is 10.7. The molecule has 7 rings (SSSR count). The second-order valence-electron chi connectivity index (χ2n) is 14.0. The van der Waals surface area contributed by atoms with Gasteiger partial charge in [-0.25, -0.2) is 9.37 Å². The Morgan fingerprint density at radius 2 is 1.78 bits per heavy atom. The van der Waals surface area contributed by atoms with Crippen molar-refractivity contribution >= 4 is 46.2 Å². The molecule has 4 atom stereocenters. The summed E-state index contributed by atoms with van der Waals surface area (Å²) in [5, 5.41) is 5.96. The summed E-state index contributed by atoms with van der Waals surface area (Å²) in [6.45, 7) is 3.83. The smallest absolute Gasteiger partial charge is 0.262 e. The number of carbonyl (C=O) groups is 6. The summed E-state index contributed by atoms with van der Waals surface area (Å²) in [4.78, 5) is 82.3. The van der Waals surface area contributed by atoms with Crippen LogP contribution in [0.15, 0.2) is 36.5 Å². The number of pyridine rings is 1. The van der Waals surface area contributed by atoms with Crippen molar-refractivity contribution in [3.05, 3.63) is 64.3 Å². The Morgan fingerprint density at radius 1 is 1.02 bits per heavy atom. The molecule has 4 aliphatic heterocycles. The number of nitrogens with zero attached hydrogens (tertiary/aromatic N) is 3. The SMILES string of the molecule is CC[C@@H]1[C@H](F)C(=O)N[C@@H]1COc1ncc(C#CC2CCN(Cc3ccc4c(c3)C(=O)N(C3CCC(=O)NC3=O)C4=O)CC2)c2cc(C(N)=O)c(OC)cc12. The zero-order valence-electron chi connectivity index (χ0n) is 29.8. The fourth-order valence-electron chi connectivity index (χ4n) is 7.70. The van der Waals surface area contributed by atoms with E-state index in [0.29, 0.717) is 29.3 Å². The Kier molecular flexibility index (Phi) is 10.0. The van der Waals surface area contributed by atoms with E-state index in [-0.39, 0.29) is 53.7 Å². The van der Waals surface area contributed by atoms with Crippen LogP contribution in [0, 0.1) is 23.7 Å². The molecule has 0 spiro atoms. The van der Waals surface area contributed by atoms with Crippen molar-refractivity contribution in [3.8, 4) is 23.5 Å². The number of hydrogen-bond acceptors (Lipinski definition) is 10. The Hall–Kier alpha value is -5.88. The number of piperidine rings is 2. The maximum atomic E-state index is 14.4. The van der Waals surface area contributed by atoms with Crippen molar-refractivity contribution in [2.45, 2.75) is 63.8 Å². The molecule has 1 aromatic heterocycles. The van der Waals surface area contributed by atoms with Crippen LogP contribution in [0.2, 0.25) is 0 Å². The van der Waals surface area contributed by atoms with Gasteiger partial charge in [0.05, 0.1) is 35.4 Å². The van der Waals surface area contributed by atoms with E-state index in [2.05, 4.69) is 32.4 Å². The number of imide groups is 2. The molecular weight excluding hydrogens is 699 g/mol. The first-order valence-electron chi connectivity index (χ1n) is 17.9. The average Bonchev–Trinajstić information content (AvgIpc) is 3.58. The number of hydrogen-bond donors (Lipinski definition) is 3. The van der Waals surface area contributed by atoms with E-state index in [1.165, 1.54) is 7.11 Å². The molecule has 6 amide bonds. The van der Waals surface area contributed by atoms with Gasteiger partial charge in [-0.3, -0.25) is 43.9 Å². The number of carbonyl (C=O) groups excluding carboxylic acids is 6. The number of likely N-dealkylation sites (tertiary alicyclic amines) is 1. The largest absolute Gasteiger partial charge is 0.496 e. The van der Waals surface area contributed by atoms with Gasteiger partial charge in [0.1, 0.15) is 18.4 Å². The minimum absolute atomic E-state index is 0.00303. The fraction of sp³-hybridized carbons (Fsp3) is 0.410. The molecule has 0 bridgehead atoms. The molecule has 2 aromatic carbocycles. The summed E-state index contributed by atoms with van der Waals surface area (Å²) in [6, 6.07) is 6.80. The molecule has 3 aromatic rings. The maximum absolute atomic E-state index is 14.4. The number of nitrogens with one attached hydrogen (secondary N) is 2. The first-order valence-corrected chi connectivity index (χ1v) is 17.9. The van der Waals surface area contributed by atoms with E-state index in [1.807, 2.05) is 13.0 Å². The molecule has 280 valence electrons. The highest BCUT2D eigenvalue weighted by Crippen LogP contribution is 2.34. The van der Waals surface area contributed by atoms with Crippen molar-refractivity contribution in [1.82, 2.24) is 25.4 Å². The maximum Gasteiger partial charge on any atom is 0.262 e. The monoisotopic (exact) mass is 738 g/mol. The van der Waals surface area contributed by atoms with Gasteiger partial charge in [0.25, 0.3) is 23.6 Å². The highest BCUT2D eigenvalue weighted by atomic mass is 19.1. The topological polar surface area (TPSA) is 190 Å². The minimum Gasteiger partial charge on any atom is -0.496 e. The van der Waals surface area contributed by atoms with Crippen molar-refractivity contribution in [3.63, 3.8) is 0 Å². The van der Waals surface area contributed by atoms with Gasteiger partial charge in [-0.05, 0) is 68.6 Å². The molecule has 54 heavy (non-hydrogen) atoms. The summed E-state index contributed by atoms with van der Waals surface area (Å²) in [6.07, 6.45) is 2.10. The number of benzene rings is 2. The Morgan fingerprint density at radius 3 is 2.48 bits per heavy atom. The fourth-order valence-corrected chi connectivity index (χ4v) is 7.70. The van der Waals surface area contributed by atoms with E-state index in [4.69, 9.17) is 15.2 Å². The van der Waals surface area contributed by atoms with Crippen molar-refractivity contribution < 1.29 is 42.6 Å². The van der Waals surface area contributed by atoms with E-state index in [0.717, 1.165) is 36.4 Å². The third-order valence-electron chi connectivity index (χ3n) is 10.7. The van der Waals surface area contributed by atoms with E-state index in [9.17, 15) is 33.2 Å². The van der Waals surface area contributed by atoms with Crippen molar-refractivity contribution in [2.24, 2.45) is 17.6 Å². The number of alkyl halides is 1. The molecule has 4 N–H and O–H groups in total. The van der Waals surface area contributed by atoms with Crippen LogP contribution in [-0.4, -0.2) is 95.3 Å². The van der Waals surface area contributed by atoms with Gasteiger partial charge in [-0.15, -0.1) is 0 Å². The first-order chi connectivity index (χ1) is 26.0. The Labute approximate surface area is 309 Å². The van der Waals surface area contributed by atoms with E-state index in [1.54, 1.807) is 30.5 Å². The van der Waals surface area contributed by atoms with Gasteiger partial charge in [0.15, 0.2) is 6.17 Å². The quantitative estimate of drug-likeness (QED) is 0.217. The van der Waals surface area contributed by atoms with Crippen LogP contribution in [0.25, 0.3) is 10.8 Å². The summed E-state index contributed by atoms with van der Waals surface area (Å²) in [5.41, 5.74) is 7.74. The van der Waals surface area contributed by atoms with Gasteiger partial charge in [0, 0.05) is 41.8 Å². The number of rotatable bonds is 9. The van der Waals surface area contributed by atoms with Crippen LogP contribution in [-0.2, 0) is 20.9 Å². The molecule has 4 aliphatic rings. The molecule has 5 heterocycles. The normalized spacial score (nSPS) is 23.2. The molecule has 1 unspecified atom stereocenters. The van der Waals surface area contributed by atoms with Gasteiger partial charge in [0.2, 0.25) is 17.7 Å². The molecule has 3 saturated heterocycles. The first kappa shape index (κ1) is 36.5. The number of halogens is 1. The van der Waals surface area contributed by atoms with Crippen LogP contribution in [0.4, 0.5) is 4.39 Å². The lowest BCUT2D eigenvalue weighted by atomic mass is 9.95. The standard InChI is InChI=1S/C39H39FN6O8/c1-3-23-29(43-36(50)33(23)40)19-54-37-26-16-31(53-2)28(34(41)48)15-25(26)22(17-42-37)6-4-20-10-12-45(13-11-20)18-21-5-7-24-27(14-21)39(52)46(38(24)51)30-8-9-32(47)44-35(30)49/h5,7,14-17,20,23,29-30,33H,3,8-13,18-19H2,1-2H3,(H2,41,48)(H,43,50)(H,44,47,49)/t23-,29+,30?,33-/m0/s1. The molecular formula is C39H39FN6O8. The third kappa shape index (κ3) is 6.84. The molecule has 3 fully saturated rings. The van der Waals surface area contributed by atoms with Crippen LogP contribution in [0.1, 0.15) is 81.2 Å². The molecule has 14 nitrogen and oxygen atoms in total. The second-order valence-corrected chi connectivity index (χ2v) is 14.0. The summed E-state index contributed by atoms with van der Waals surface area (Å²) in [5.74, 6) is 3.11. The van der Waals surface area contributed by atoms with Crippen LogP contribution < -0.4 is 25.8 Å². The van der Waals surface area contributed by atoms with Gasteiger partial charge in [-0.1, -0.05) is 24.8 Å². The van der Waals surface area contributed by atoms with Gasteiger partial charge < -0.3 is 20.5 Å². The average molecular weight is 739 g/mol. The van der Waals surface area contributed by atoms with Gasteiger partial charge >= 0.3 is 0 Å². The lowest BCUT2D eigenvalue weighted by molar-refractivity contribution is -0.136. The molecule has 0 saturated carbocycles. The molecule has 15 heteroatoms. The Bertz CT molecular complexity index is 2160. The highest BCUT2D eigenvalue weighted by molar-refractivity contribution is 6.23. The predicted octanol–water partition coefficient (Wildman–Crippen LogP) is 2.25. The Balaban J connectivity index is 1.03. The number of fused-ring (bicyclic) bond motifs is 2. The summed E-state index contributed by atoms with van der Waals surface area (Å²) < 4.78 is 25.9. The highest BCUT2D eigenvalue weighted by Gasteiger charge is 2.45. The lowest BCUT2D eigenvalue weighted by Crippen LogP contribution is -2.54. The van der Waals surface area contributed by atoms with Crippen molar-refractivity contribution in [2.75, 3.05) is 26.8 Å². The number of methoxy groups -OCH3 is 1. The number of amides is 6. The zero-order valence-corrected chi connectivity index (χ0v) is 29.8. The van der Waals surface area contributed by atoms with Gasteiger partial charge in [-0.2, -0.15) is 0 Å². The number of ether oxygens (including phenoxy) is 2. The molecule has 0 aliphatic carbocycles. The number of aromatic nitrogens is 1. The second kappa shape index (κ2) is 14.9. The van der Waals surface area contributed by atoms with Crippen LogP contribution in [0.5, 0.6) is 11.6 Å². The zero-order chi connectivity index (χ0) is 38.3. The van der Waals surface area contributed by atoms with Crippen LogP contribution >= 0.6 is 0 Å². The lowest BCUT2D eigenvalue weighted by Gasteiger charge is -2.29. The summed E-state index contributed by atoms with van der Waals surface area (Å²) in [7, 11) is 1.42. The number of primary amides is 1. The van der Waals surface area contributed by atoms with Crippen molar-refractivity contribution in [1.29, 1.82) is 0 Å². The van der Waals surface area contributed by atoms with E-state index >= 15 is 0 Å². The van der Waals surface area contributed by atoms with E-state index < -0.39 is 59.6 Å². The summed E-state index contributed by atoms with van der Waals surface area (Å²) >= 11 is 0. The number of nitrogens with two attached hydrogens (primary N) is 1. The predicted molar refractivity (Wildman–Crippen MR) is 191 cm³/mol. The minimum atomic E-state index is -1.60. The molecule has 0 radical (unpaired) electrons. The van der Waals surface area contributed by atoms with Crippen LogP contribution in [0.3, 0.4) is 0 Å².